The van der Waals surface area contributed by atoms with Gasteiger partial charge in [-0.05, 0) is 43.9 Å². The van der Waals surface area contributed by atoms with Crippen LogP contribution in [0.3, 0.4) is 0 Å². The number of aryl methyl sites for hydroxylation is 1. The van der Waals surface area contributed by atoms with Crippen LogP contribution in [0.1, 0.15) is 43.7 Å². The largest absolute Gasteiger partial charge is 0.352 e. The fourth-order valence-corrected chi connectivity index (χ4v) is 5.45. The zero-order chi connectivity index (χ0) is 27.3. The predicted octanol–water partition coefficient (Wildman–Crippen LogP) is 3.80. The first-order valence-corrected chi connectivity index (χ1v) is 14.2. The van der Waals surface area contributed by atoms with E-state index in [0.717, 1.165) is 42.3 Å². The smallest absolute Gasteiger partial charge is 0.271 e. The molecule has 0 heterocycles. The molecule has 1 fully saturated rings. The van der Waals surface area contributed by atoms with Crippen LogP contribution >= 0.6 is 11.6 Å². The molecule has 37 heavy (non-hydrogen) atoms. The van der Waals surface area contributed by atoms with Crippen LogP contribution in [-0.4, -0.2) is 54.9 Å². The van der Waals surface area contributed by atoms with Gasteiger partial charge in [-0.25, -0.2) is 8.42 Å². The lowest BCUT2D eigenvalue weighted by molar-refractivity contribution is -0.384. The van der Waals surface area contributed by atoms with E-state index < -0.39 is 33.4 Å². The molecule has 0 aromatic heterocycles. The minimum absolute atomic E-state index is 0.0193. The number of anilines is 1. The number of carbonyl (C=O) groups excluding carboxylic acids is 2. The van der Waals surface area contributed by atoms with E-state index in [0.29, 0.717) is 16.1 Å². The van der Waals surface area contributed by atoms with Crippen molar-refractivity contribution in [2.45, 2.75) is 58.2 Å². The molecule has 12 heteroatoms. The molecule has 0 unspecified atom stereocenters. The van der Waals surface area contributed by atoms with Crippen molar-refractivity contribution in [3.63, 3.8) is 0 Å². The monoisotopic (exact) mass is 550 g/mol. The van der Waals surface area contributed by atoms with Gasteiger partial charge in [-0.1, -0.05) is 48.7 Å². The van der Waals surface area contributed by atoms with Gasteiger partial charge in [-0.15, -0.1) is 0 Å². The quantitative estimate of drug-likeness (QED) is 0.354. The Morgan fingerprint density at radius 1 is 1.19 bits per heavy atom. The van der Waals surface area contributed by atoms with Gasteiger partial charge < -0.3 is 10.2 Å². The van der Waals surface area contributed by atoms with Crippen molar-refractivity contribution in [3.8, 4) is 0 Å². The highest BCUT2D eigenvalue weighted by molar-refractivity contribution is 7.92. The standard InChI is InChI=1S/C25H31ClN4O6S/c1-17-12-13-21(30(33)34)14-23(17)29(37(3,35)36)16-24(31)28(15-19-8-4-7-11-22(19)26)18(2)25(32)27-20-9-5-6-10-20/h4,7-8,11-14,18,20H,5-6,9-10,15-16H2,1-3H3,(H,27,32)/t18-/m1/s1. The molecule has 1 saturated carbocycles. The fourth-order valence-electron chi connectivity index (χ4n) is 4.36. The third-order valence-corrected chi connectivity index (χ3v) is 8.01. The van der Waals surface area contributed by atoms with E-state index >= 15 is 0 Å². The molecule has 3 rings (SSSR count). The lowest BCUT2D eigenvalue weighted by Gasteiger charge is -2.32. The predicted molar refractivity (Wildman–Crippen MR) is 142 cm³/mol. The average molecular weight is 551 g/mol. The molecule has 2 aromatic carbocycles. The van der Waals surface area contributed by atoms with Gasteiger partial charge in [0.25, 0.3) is 5.69 Å². The summed E-state index contributed by atoms with van der Waals surface area (Å²) >= 11 is 6.33. The highest BCUT2D eigenvalue weighted by Crippen LogP contribution is 2.28. The van der Waals surface area contributed by atoms with Crippen LogP contribution in [0.4, 0.5) is 11.4 Å². The number of nitrogens with zero attached hydrogens (tertiary/aromatic N) is 3. The number of amides is 2. The van der Waals surface area contributed by atoms with Crippen LogP contribution in [0.2, 0.25) is 5.02 Å². The van der Waals surface area contributed by atoms with E-state index in [4.69, 9.17) is 11.6 Å². The zero-order valence-electron chi connectivity index (χ0n) is 21.0. The second-order valence-corrected chi connectivity index (χ2v) is 11.6. The van der Waals surface area contributed by atoms with E-state index in [1.807, 2.05) is 0 Å². The first-order valence-electron chi connectivity index (χ1n) is 11.9. The maximum atomic E-state index is 13.7. The zero-order valence-corrected chi connectivity index (χ0v) is 22.6. The molecule has 1 atom stereocenters. The molecule has 0 bridgehead atoms. The summed E-state index contributed by atoms with van der Waals surface area (Å²) in [5.74, 6) is -0.991. The number of carbonyl (C=O) groups is 2. The minimum atomic E-state index is -4.02. The Labute approximate surface area is 221 Å². The average Bonchev–Trinajstić information content (AvgIpc) is 3.34. The summed E-state index contributed by atoms with van der Waals surface area (Å²) in [5.41, 5.74) is 0.744. The van der Waals surface area contributed by atoms with Crippen molar-refractivity contribution in [2.75, 3.05) is 17.1 Å². The van der Waals surface area contributed by atoms with Crippen LogP contribution in [-0.2, 0) is 26.2 Å². The van der Waals surface area contributed by atoms with Crippen molar-refractivity contribution in [3.05, 3.63) is 68.7 Å². The Kier molecular flexibility index (Phi) is 9.14. The molecule has 1 N–H and O–H groups in total. The van der Waals surface area contributed by atoms with E-state index in [-0.39, 0.29) is 29.9 Å². The first-order chi connectivity index (χ1) is 17.4. The third-order valence-electron chi connectivity index (χ3n) is 6.52. The van der Waals surface area contributed by atoms with Crippen LogP contribution in [0.15, 0.2) is 42.5 Å². The summed E-state index contributed by atoms with van der Waals surface area (Å²) in [6.07, 6.45) is 4.70. The Morgan fingerprint density at radius 2 is 1.84 bits per heavy atom. The molecular weight excluding hydrogens is 520 g/mol. The third kappa shape index (κ3) is 7.20. The number of rotatable bonds is 10. The molecule has 2 amide bonds. The summed E-state index contributed by atoms with van der Waals surface area (Å²) in [6.45, 7) is 2.51. The molecule has 2 aromatic rings. The number of hydrogen-bond acceptors (Lipinski definition) is 6. The maximum absolute atomic E-state index is 13.7. The van der Waals surface area contributed by atoms with Crippen LogP contribution in [0, 0.1) is 17.0 Å². The number of nitrogens with one attached hydrogen (secondary N) is 1. The van der Waals surface area contributed by atoms with Gasteiger partial charge in [0.2, 0.25) is 21.8 Å². The number of sulfonamides is 1. The Bertz CT molecular complexity index is 1280. The number of halogens is 1. The number of nitro groups is 1. The van der Waals surface area contributed by atoms with E-state index in [2.05, 4.69) is 5.32 Å². The van der Waals surface area contributed by atoms with E-state index in [1.54, 1.807) is 38.1 Å². The maximum Gasteiger partial charge on any atom is 0.271 e. The van der Waals surface area contributed by atoms with Gasteiger partial charge in [-0.3, -0.25) is 24.0 Å². The van der Waals surface area contributed by atoms with Gasteiger partial charge in [0, 0.05) is 29.7 Å². The fraction of sp³-hybridized carbons (Fsp3) is 0.440. The molecular formula is C25H31ClN4O6S. The molecule has 0 saturated heterocycles. The van der Waals surface area contributed by atoms with Crippen molar-refractivity contribution in [2.24, 2.45) is 0 Å². The van der Waals surface area contributed by atoms with Gasteiger partial charge >= 0.3 is 0 Å². The summed E-state index contributed by atoms with van der Waals surface area (Å²) in [5, 5.41) is 14.7. The Morgan fingerprint density at radius 3 is 2.43 bits per heavy atom. The van der Waals surface area contributed by atoms with E-state index in [9.17, 15) is 28.1 Å². The second kappa shape index (κ2) is 11.9. The Hall–Kier alpha value is -3.18. The number of benzene rings is 2. The molecule has 10 nitrogen and oxygen atoms in total. The molecule has 0 spiro atoms. The second-order valence-electron chi connectivity index (χ2n) is 9.28. The normalized spacial score (nSPS) is 14.7. The highest BCUT2D eigenvalue weighted by atomic mass is 35.5. The first kappa shape index (κ1) is 28.4. The lowest BCUT2D eigenvalue weighted by atomic mass is 10.1. The van der Waals surface area contributed by atoms with Crippen molar-refractivity contribution in [1.82, 2.24) is 10.2 Å². The van der Waals surface area contributed by atoms with E-state index in [1.165, 1.54) is 17.0 Å². The number of nitro benzene ring substituents is 1. The van der Waals surface area contributed by atoms with Crippen LogP contribution in [0.5, 0.6) is 0 Å². The topological polar surface area (TPSA) is 130 Å². The van der Waals surface area contributed by atoms with Gasteiger partial charge in [0.15, 0.2) is 0 Å². The number of hydrogen-bond donors (Lipinski definition) is 1. The summed E-state index contributed by atoms with van der Waals surface area (Å²) in [6, 6.07) is 9.81. The van der Waals surface area contributed by atoms with Gasteiger partial charge in [0.05, 0.1) is 16.9 Å². The Balaban J connectivity index is 1.95. The summed E-state index contributed by atoms with van der Waals surface area (Å²) < 4.78 is 26.3. The lowest BCUT2D eigenvalue weighted by Crippen LogP contribution is -2.52. The van der Waals surface area contributed by atoms with Crippen molar-refractivity contribution >= 4 is 44.8 Å². The molecule has 1 aliphatic carbocycles. The number of non-ortho nitro benzene ring substituents is 1. The molecule has 0 radical (unpaired) electrons. The van der Waals surface area contributed by atoms with Crippen LogP contribution < -0.4 is 9.62 Å². The highest BCUT2D eigenvalue weighted by Gasteiger charge is 2.32. The summed E-state index contributed by atoms with van der Waals surface area (Å²) in [7, 11) is -4.02. The van der Waals surface area contributed by atoms with Crippen LogP contribution in [0.25, 0.3) is 0 Å². The SMILES string of the molecule is Cc1ccc([N+](=O)[O-])cc1N(CC(=O)N(Cc1ccccc1Cl)[C@H](C)C(=O)NC1CCCC1)S(C)(=O)=O. The van der Waals surface area contributed by atoms with Gasteiger partial charge in [-0.2, -0.15) is 0 Å². The van der Waals surface area contributed by atoms with Crippen molar-refractivity contribution in [1.29, 1.82) is 0 Å². The molecule has 1 aliphatic rings. The summed E-state index contributed by atoms with van der Waals surface area (Å²) in [4.78, 5) is 38.7. The molecule has 0 aliphatic heterocycles. The van der Waals surface area contributed by atoms with Crippen molar-refractivity contribution < 1.29 is 22.9 Å². The van der Waals surface area contributed by atoms with Gasteiger partial charge in [0.1, 0.15) is 12.6 Å². The minimum Gasteiger partial charge on any atom is -0.352 e. The molecule has 200 valence electrons.